The summed E-state index contributed by atoms with van der Waals surface area (Å²) in [6, 6.07) is 2.06. The summed E-state index contributed by atoms with van der Waals surface area (Å²) in [4.78, 5) is 21.7. The third-order valence-electron chi connectivity index (χ3n) is 1.85. The molecule has 0 aliphatic rings. The first kappa shape index (κ1) is 11.2. The minimum absolute atomic E-state index is 0.0788. The normalized spacial score (nSPS) is 9.53. The van der Waals surface area contributed by atoms with E-state index in [2.05, 4.69) is 4.74 Å². The molecule has 0 amide bonds. The van der Waals surface area contributed by atoms with Crippen LogP contribution in [-0.2, 0) is 4.74 Å². The fraction of sp³-hybridized carbons (Fsp3) is 0.200. The van der Waals surface area contributed by atoms with E-state index in [0.29, 0.717) is 6.29 Å². The molecule has 1 aromatic rings. The van der Waals surface area contributed by atoms with Crippen LogP contribution in [-0.4, -0.2) is 26.5 Å². The second-order valence-electron chi connectivity index (χ2n) is 2.68. The van der Waals surface area contributed by atoms with Gasteiger partial charge in [-0.2, -0.15) is 0 Å². The molecule has 5 heteroatoms. The average Bonchev–Trinajstić information content (AvgIpc) is 2.27. The molecule has 15 heavy (non-hydrogen) atoms. The number of hydrogen-bond acceptors (Lipinski definition) is 4. The topological polar surface area (TPSA) is 52.6 Å². The molecular weight excluding hydrogens is 203 g/mol. The summed E-state index contributed by atoms with van der Waals surface area (Å²) < 4.78 is 22.4. The summed E-state index contributed by atoms with van der Waals surface area (Å²) in [6.45, 7) is 0. The summed E-state index contributed by atoms with van der Waals surface area (Å²) >= 11 is 0. The van der Waals surface area contributed by atoms with Gasteiger partial charge in [0.15, 0.2) is 6.29 Å². The SMILES string of the molecule is COC(=O)c1cc(C=O)c(OC)cc1F. The molecule has 0 N–H and O–H groups in total. The van der Waals surface area contributed by atoms with Crippen molar-refractivity contribution in [3.63, 3.8) is 0 Å². The monoisotopic (exact) mass is 212 g/mol. The molecule has 0 aromatic heterocycles. The molecule has 0 saturated heterocycles. The molecule has 0 heterocycles. The van der Waals surface area contributed by atoms with Crippen LogP contribution in [0.4, 0.5) is 4.39 Å². The second-order valence-corrected chi connectivity index (χ2v) is 2.68. The average molecular weight is 212 g/mol. The fourth-order valence-corrected chi connectivity index (χ4v) is 1.11. The second kappa shape index (κ2) is 4.54. The van der Waals surface area contributed by atoms with E-state index in [1.54, 1.807) is 0 Å². The molecule has 0 aliphatic carbocycles. The molecule has 0 saturated carbocycles. The number of benzene rings is 1. The Morgan fingerprint density at radius 3 is 2.53 bits per heavy atom. The van der Waals surface area contributed by atoms with Gasteiger partial charge < -0.3 is 9.47 Å². The van der Waals surface area contributed by atoms with Gasteiger partial charge in [-0.3, -0.25) is 4.79 Å². The molecule has 0 bridgehead atoms. The van der Waals surface area contributed by atoms with E-state index in [4.69, 9.17) is 4.74 Å². The number of rotatable bonds is 3. The highest BCUT2D eigenvalue weighted by Crippen LogP contribution is 2.21. The van der Waals surface area contributed by atoms with Crippen molar-refractivity contribution in [2.24, 2.45) is 0 Å². The van der Waals surface area contributed by atoms with E-state index in [1.165, 1.54) is 7.11 Å². The highest BCUT2D eigenvalue weighted by molar-refractivity contribution is 5.93. The summed E-state index contributed by atoms with van der Waals surface area (Å²) in [7, 11) is 2.44. The van der Waals surface area contributed by atoms with Crippen molar-refractivity contribution in [1.82, 2.24) is 0 Å². The quantitative estimate of drug-likeness (QED) is 0.561. The van der Waals surface area contributed by atoms with Crippen molar-refractivity contribution >= 4 is 12.3 Å². The molecule has 4 nitrogen and oxygen atoms in total. The molecule has 0 spiro atoms. The molecule has 0 aliphatic heterocycles. The van der Waals surface area contributed by atoms with Gasteiger partial charge in [-0.25, -0.2) is 9.18 Å². The predicted molar refractivity (Wildman–Crippen MR) is 49.7 cm³/mol. The number of methoxy groups -OCH3 is 2. The lowest BCUT2D eigenvalue weighted by atomic mass is 10.1. The van der Waals surface area contributed by atoms with Gasteiger partial charge in [0, 0.05) is 6.07 Å². The maximum atomic E-state index is 13.3. The van der Waals surface area contributed by atoms with E-state index in [0.717, 1.165) is 19.2 Å². The van der Waals surface area contributed by atoms with Gasteiger partial charge in [0.1, 0.15) is 11.6 Å². The standard InChI is InChI=1S/C10H9FO4/c1-14-9-4-8(11)7(10(13)15-2)3-6(9)5-12/h3-5H,1-2H3. The Morgan fingerprint density at radius 2 is 2.07 bits per heavy atom. The number of esters is 1. The number of halogens is 1. The smallest absolute Gasteiger partial charge is 0.340 e. The largest absolute Gasteiger partial charge is 0.496 e. The Labute approximate surface area is 85.6 Å². The maximum absolute atomic E-state index is 13.3. The van der Waals surface area contributed by atoms with Crippen molar-refractivity contribution in [1.29, 1.82) is 0 Å². The van der Waals surface area contributed by atoms with Gasteiger partial charge in [-0.1, -0.05) is 0 Å². The van der Waals surface area contributed by atoms with Crippen LogP contribution in [0, 0.1) is 5.82 Å². The first-order chi connectivity index (χ1) is 7.13. The van der Waals surface area contributed by atoms with Crippen molar-refractivity contribution in [3.05, 3.63) is 29.1 Å². The molecular formula is C10H9FO4. The lowest BCUT2D eigenvalue weighted by Gasteiger charge is -2.06. The minimum Gasteiger partial charge on any atom is -0.496 e. The summed E-state index contributed by atoms with van der Waals surface area (Å²) in [5.74, 6) is -1.54. The number of carbonyl (C=O) groups is 2. The Morgan fingerprint density at radius 1 is 1.40 bits per heavy atom. The highest BCUT2D eigenvalue weighted by Gasteiger charge is 2.16. The first-order valence-corrected chi connectivity index (χ1v) is 4.05. The number of carbonyl (C=O) groups excluding carboxylic acids is 2. The number of aldehydes is 1. The van der Waals surface area contributed by atoms with E-state index in [1.807, 2.05) is 0 Å². The van der Waals surface area contributed by atoms with Gasteiger partial charge in [0.25, 0.3) is 0 Å². The zero-order chi connectivity index (χ0) is 11.4. The molecule has 0 fully saturated rings. The van der Waals surface area contributed by atoms with Crippen LogP contribution in [0.2, 0.25) is 0 Å². The van der Waals surface area contributed by atoms with Gasteiger partial charge in [-0.05, 0) is 6.07 Å². The molecule has 0 radical (unpaired) electrons. The minimum atomic E-state index is -0.835. The number of hydrogen-bond donors (Lipinski definition) is 0. The molecule has 80 valence electrons. The van der Waals surface area contributed by atoms with Crippen molar-refractivity contribution in [3.8, 4) is 5.75 Å². The van der Waals surface area contributed by atoms with Crippen molar-refractivity contribution in [2.45, 2.75) is 0 Å². The zero-order valence-electron chi connectivity index (χ0n) is 8.24. The van der Waals surface area contributed by atoms with E-state index < -0.39 is 11.8 Å². The molecule has 0 atom stereocenters. The Kier molecular flexibility index (Phi) is 3.38. The van der Waals surface area contributed by atoms with Crippen LogP contribution in [0.5, 0.6) is 5.75 Å². The van der Waals surface area contributed by atoms with Crippen LogP contribution in [0.15, 0.2) is 12.1 Å². The zero-order valence-corrected chi connectivity index (χ0v) is 8.24. The Hall–Kier alpha value is -1.91. The van der Waals surface area contributed by atoms with Crippen LogP contribution in [0.25, 0.3) is 0 Å². The molecule has 0 unspecified atom stereocenters. The van der Waals surface area contributed by atoms with E-state index in [-0.39, 0.29) is 16.9 Å². The molecule has 1 rings (SSSR count). The molecule has 1 aromatic carbocycles. The summed E-state index contributed by atoms with van der Waals surface area (Å²) in [5, 5.41) is 0. The first-order valence-electron chi connectivity index (χ1n) is 4.05. The van der Waals surface area contributed by atoms with Gasteiger partial charge in [0.05, 0.1) is 25.3 Å². The van der Waals surface area contributed by atoms with E-state index in [9.17, 15) is 14.0 Å². The Bertz CT molecular complexity index is 401. The third-order valence-corrected chi connectivity index (χ3v) is 1.85. The van der Waals surface area contributed by atoms with Gasteiger partial charge >= 0.3 is 5.97 Å². The summed E-state index contributed by atoms with van der Waals surface area (Å²) in [5.41, 5.74) is -0.195. The lowest BCUT2D eigenvalue weighted by Crippen LogP contribution is -2.06. The van der Waals surface area contributed by atoms with E-state index >= 15 is 0 Å². The lowest BCUT2D eigenvalue weighted by molar-refractivity contribution is 0.0595. The van der Waals surface area contributed by atoms with Crippen LogP contribution in [0.1, 0.15) is 20.7 Å². The highest BCUT2D eigenvalue weighted by atomic mass is 19.1. The van der Waals surface area contributed by atoms with Gasteiger partial charge in [0.2, 0.25) is 0 Å². The van der Waals surface area contributed by atoms with Crippen LogP contribution < -0.4 is 4.74 Å². The fourth-order valence-electron chi connectivity index (χ4n) is 1.11. The third kappa shape index (κ3) is 2.12. The Balaban J connectivity index is 3.31. The van der Waals surface area contributed by atoms with Crippen molar-refractivity contribution < 1.29 is 23.5 Å². The summed E-state index contributed by atoms with van der Waals surface area (Å²) in [6.07, 6.45) is 0.477. The van der Waals surface area contributed by atoms with Gasteiger partial charge in [-0.15, -0.1) is 0 Å². The van der Waals surface area contributed by atoms with Crippen molar-refractivity contribution in [2.75, 3.05) is 14.2 Å². The van der Waals surface area contributed by atoms with Crippen LogP contribution in [0.3, 0.4) is 0 Å². The number of ether oxygens (including phenoxy) is 2. The predicted octanol–water partition coefficient (Wildman–Crippen LogP) is 1.43. The maximum Gasteiger partial charge on any atom is 0.340 e. The van der Waals surface area contributed by atoms with Crippen LogP contribution >= 0.6 is 0 Å².